The average Bonchev–Trinajstić information content (AvgIpc) is 3.34. The summed E-state index contributed by atoms with van der Waals surface area (Å²) in [5.74, 6) is 1.98. The molecule has 10 nitrogen and oxygen atoms in total. The van der Waals surface area contributed by atoms with Crippen LogP contribution >= 0.6 is 0 Å². The summed E-state index contributed by atoms with van der Waals surface area (Å²) in [5, 5.41) is 0. The van der Waals surface area contributed by atoms with E-state index in [0.29, 0.717) is 69.5 Å². The van der Waals surface area contributed by atoms with Gasteiger partial charge in [0.15, 0.2) is 0 Å². The van der Waals surface area contributed by atoms with E-state index in [4.69, 9.17) is 19.2 Å². The highest BCUT2D eigenvalue weighted by Crippen LogP contribution is 2.39. The fourth-order valence-electron chi connectivity index (χ4n) is 9.69. The Kier molecular flexibility index (Phi) is 15.8. The summed E-state index contributed by atoms with van der Waals surface area (Å²) in [6.45, 7) is 14.3. The van der Waals surface area contributed by atoms with E-state index in [0.717, 1.165) is 33.4 Å². The highest BCUT2D eigenvalue weighted by atomic mass is 32.2. The molecule has 0 heterocycles. The number of hydrogen-bond acceptors (Lipinski definition) is 8. The van der Waals surface area contributed by atoms with Crippen LogP contribution in [0.1, 0.15) is 84.8 Å². The summed E-state index contributed by atoms with van der Waals surface area (Å²) in [6, 6.07) is 44.0. The lowest BCUT2D eigenvalue weighted by molar-refractivity contribution is 0.305. The first-order chi connectivity index (χ1) is 34.9. The van der Waals surface area contributed by atoms with Gasteiger partial charge in [-0.2, -0.15) is 16.8 Å². The molecule has 374 valence electrons. The number of nitrogens with zero attached hydrogens (tertiary/aromatic N) is 1. The molecule has 0 aliphatic heterocycles. The van der Waals surface area contributed by atoms with E-state index in [1.54, 1.807) is 56.3 Å². The number of ether oxygens (including phenoxy) is 3. The second-order valence-electron chi connectivity index (χ2n) is 18.4. The fourth-order valence-corrected chi connectivity index (χ4v) is 11.4. The van der Waals surface area contributed by atoms with Gasteiger partial charge in [-0.3, -0.25) is 9.11 Å². The number of aryl methyl sites for hydroxylation is 5. The molecule has 1 aliphatic rings. The van der Waals surface area contributed by atoms with Gasteiger partial charge in [0.25, 0.3) is 20.2 Å². The molecule has 0 fully saturated rings. The van der Waals surface area contributed by atoms with Gasteiger partial charge in [-0.15, -0.1) is 0 Å². The Labute approximate surface area is 429 Å². The van der Waals surface area contributed by atoms with Crippen molar-refractivity contribution in [1.82, 2.24) is 0 Å². The highest BCUT2D eigenvalue weighted by Gasteiger charge is 2.28. The summed E-state index contributed by atoms with van der Waals surface area (Å²) in [5.41, 5.74) is 13.5. The number of aliphatic imine (C=N–C) groups is 1. The van der Waals surface area contributed by atoms with Gasteiger partial charge >= 0.3 is 0 Å². The zero-order valence-corrected chi connectivity index (χ0v) is 43.7. The smallest absolute Gasteiger partial charge is 0.295 e. The van der Waals surface area contributed by atoms with Gasteiger partial charge in [-0.05, 0) is 212 Å². The van der Waals surface area contributed by atoms with E-state index in [9.17, 15) is 25.9 Å². The third-order valence-electron chi connectivity index (χ3n) is 13.1. The predicted molar refractivity (Wildman–Crippen MR) is 291 cm³/mol. The van der Waals surface area contributed by atoms with Crippen LogP contribution in [0.15, 0.2) is 178 Å². The van der Waals surface area contributed by atoms with Crippen molar-refractivity contribution in [1.29, 1.82) is 0 Å². The van der Waals surface area contributed by atoms with Crippen molar-refractivity contribution < 1.29 is 40.2 Å². The highest BCUT2D eigenvalue weighted by molar-refractivity contribution is 7.90. The molecule has 0 spiro atoms. The van der Waals surface area contributed by atoms with Crippen LogP contribution in [0.5, 0.6) is 17.2 Å². The molecule has 8 rings (SSSR count). The molecular weight excluding hydrogens is 955 g/mol. The average molecular weight is 1010 g/mol. The van der Waals surface area contributed by atoms with Gasteiger partial charge in [-0.25, -0.2) is 4.99 Å². The van der Waals surface area contributed by atoms with Crippen LogP contribution in [0.3, 0.4) is 0 Å². The summed E-state index contributed by atoms with van der Waals surface area (Å²) < 4.78 is 92.9. The predicted octanol–water partition coefficient (Wildman–Crippen LogP) is 13.4. The summed E-state index contributed by atoms with van der Waals surface area (Å²) in [7, 11) is -9.44. The van der Waals surface area contributed by atoms with Crippen LogP contribution in [0, 0.1) is 41.5 Å². The first-order valence-corrected chi connectivity index (χ1v) is 26.9. The molecule has 1 aliphatic carbocycles. The van der Waals surface area contributed by atoms with E-state index in [-0.39, 0.29) is 35.0 Å². The molecule has 7 aromatic carbocycles. The Morgan fingerprint density at radius 3 is 1.53 bits per heavy atom. The van der Waals surface area contributed by atoms with Crippen molar-refractivity contribution in [3.63, 3.8) is 0 Å². The first kappa shape index (κ1) is 52.0. The van der Waals surface area contributed by atoms with Gasteiger partial charge in [-0.1, -0.05) is 90.5 Å². The van der Waals surface area contributed by atoms with Crippen molar-refractivity contribution in [2.45, 2.75) is 79.4 Å². The summed E-state index contributed by atoms with van der Waals surface area (Å²) in [6.07, 6.45) is 5.67. The molecule has 12 heteroatoms. The number of benzene rings is 7. The SMILES string of the molecule is CCOc1ccc(N=C2C=CC(=C(c3ccc(Cc4c(C)cc(C)cc4C)c(COc4ccccc4)c3)c3ccc(Cc4c(C)cc(C)c(S(=O)(=O)O)c4C)c(COc4ccccc4)c3)C(S(=O)(=O)O)=C2)cc1. The Balaban J connectivity index is 1.35. The number of rotatable bonds is 17. The van der Waals surface area contributed by atoms with E-state index in [1.165, 1.54) is 28.3 Å². The minimum atomic E-state index is -4.90. The van der Waals surface area contributed by atoms with Gasteiger partial charge in [0.1, 0.15) is 35.4 Å². The van der Waals surface area contributed by atoms with Crippen LogP contribution < -0.4 is 14.2 Å². The fraction of sp³-hybridized carbons (Fsp3) is 0.197. The number of allylic oxidation sites excluding steroid dienone is 4. The molecule has 0 saturated heterocycles. The van der Waals surface area contributed by atoms with Crippen LogP contribution in [-0.2, 0) is 46.3 Å². The van der Waals surface area contributed by atoms with Crippen LogP contribution in [-0.4, -0.2) is 38.3 Å². The maximum Gasteiger partial charge on any atom is 0.295 e. The van der Waals surface area contributed by atoms with E-state index >= 15 is 0 Å². The van der Waals surface area contributed by atoms with Crippen molar-refractivity contribution in [2.75, 3.05) is 6.61 Å². The van der Waals surface area contributed by atoms with E-state index in [2.05, 4.69) is 39.0 Å². The van der Waals surface area contributed by atoms with Crippen LogP contribution in [0.25, 0.3) is 5.57 Å². The maximum absolute atomic E-state index is 13.8. The standard InChI is InChI=1S/C61H59NO9S2/c1-8-69-55-26-23-51(24-27-55)62-52-25-28-56(59(36-52)72(63,64)65)60(47-21-19-45(34-57-40(3)29-39(2)30-41(57)4)49(32-47)37-70-53-15-11-9-12-16-53)48-22-20-46(50(33-48)38-71-54-17-13-10-14-18-54)35-58-42(5)31-43(6)61(44(58)7)73(66,67)68/h9-33,36H,8,34-35,37-38H2,1-7H3,(H,63,64,65)(H,66,67,68). The zero-order valence-electron chi connectivity index (χ0n) is 42.1. The minimum Gasteiger partial charge on any atom is -0.494 e. The lowest BCUT2D eigenvalue weighted by Crippen LogP contribution is -2.13. The van der Waals surface area contributed by atoms with E-state index < -0.39 is 20.2 Å². The Morgan fingerprint density at radius 1 is 0.521 bits per heavy atom. The van der Waals surface area contributed by atoms with Gasteiger partial charge in [0.05, 0.1) is 22.9 Å². The monoisotopic (exact) mass is 1010 g/mol. The molecule has 0 amide bonds. The molecule has 7 aromatic rings. The first-order valence-electron chi connectivity index (χ1n) is 24.0. The minimum absolute atomic E-state index is 0.0883. The lowest BCUT2D eigenvalue weighted by Gasteiger charge is -2.22. The van der Waals surface area contributed by atoms with Crippen LogP contribution in [0.2, 0.25) is 0 Å². The van der Waals surface area contributed by atoms with Crippen molar-refractivity contribution in [2.24, 2.45) is 4.99 Å². The largest absolute Gasteiger partial charge is 0.494 e. The number of para-hydroxylation sites is 2. The molecule has 0 radical (unpaired) electrons. The molecule has 0 saturated carbocycles. The number of hydrogen-bond donors (Lipinski definition) is 2. The summed E-state index contributed by atoms with van der Waals surface area (Å²) in [4.78, 5) is 4.26. The molecule has 0 aromatic heterocycles. The van der Waals surface area contributed by atoms with Crippen molar-refractivity contribution in [3.05, 3.63) is 246 Å². The summed E-state index contributed by atoms with van der Waals surface area (Å²) >= 11 is 0. The van der Waals surface area contributed by atoms with Gasteiger partial charge in [0, 0.05) is 5.57 Å². The Morgan fingerprint density at radius 2 is 1.03 bits per heavy atom. The Bertz CT molecular complexity index is 3540. The molecule has 0 unspecified atom stereocenters. The topological polar surface area (TPSA) is 149 Å². The van der Waals surface area contributed by atoms with Crippen molar-refractivity contribution in [3.8, 4) is 17.2 Å². The lowest BCUT2D eigenvalue weighted by atomic mass is 9.85. The second kappa shape index (κ2) is 22.2. The quantitative estimate of drug-likeness (QED) is 0.0850. The van der Waals surface area contributed by atoms with Crippen LogP contribution in [0.4, 0.5) is 5.69 Å². The Hall–Kier alpha value is -7.35. The van der Waals surface area contributed by atoms with Gasteiger partial charge < -0.3 is 14.2 Å². The third kappa shape index (κ3) is 12.5. The third-order valence-corrected chi connectivity index (χ3v) is 15.1. The van der Waals surface area contributed by atoms with Gasteiger partial charge in [0.2, 0.25) is 0 Å². The molecule has 0 bridgehead atoms. The normalized spacial score (nSPS) is 14.0. The van der Waals surface area contributed by atoms with Crippen molar-refractivity contribution >= 4 is 37.2 Å². The second-order valence-corrected chi connectivity index (χ2v) is 21.1. The molecule has 0 atom stereocenters. The molecular formula is C61H59NO9S2. The molecule has 73 heavy (non-hydrogen) atoms. The molecule has 2 N–H and O–H groups in total. The maximum atomic E-state index is 13.8. The van der Waals surface area contributed by atoms with E-state index in [1.807, 2.05) is 105 Å². The zero-order chi connectivity index (χ0) is 52.0.